The summed E-state index contributed by atoms with van der Waals surface area (Å²) in [6.07, 6.45) is -1.80. The summed E-state index contributed by atoms with van der Waals surface area (Å²) in [7, 11) is 0. The smallest absolute Gasteiger partial charge is 0.370 e. The maximum absolute atomic E-state index is 13.3. The van der Waals surface area contributed by atoms with E-state index in [0.717, 1.165) is 36.0 Å². The Balaban J connectivity index is 1.39. The van der Waals surface area contributed by atoms with Gasteiger partial charge >= 0.3 is 6.18 Å². The Morgan fingerprint density at radius 3 is 2.61 bits per heavy atom. The topological polar surface area (TPSA) is 76.5 Å². The molecule has 0 aliphatic carbocycles. The Kier molecular flexibility index (Phi) is 9.40. The Hall–Kier alpha value is -2.95. The summed E-state index contributed by atoms with van der Waals surface area (Å²) in [4.78, 5) is 27.6. The van der Waals surface area contributed by atoms with E-state index in [4.69, 9.17) is 16.7 Å². The first-order chi connectivity index (χ1) is 18.2. The molecular weight excluding hydrogens is 521 g/mol. The summed E-state index contributed by atoms with van der Waals surface area (Å²) in [5.41, 5.74) is 1.69. The molecule has 38 heavy (non-hydrogen) atoms. The summed E-state index contributed by atoms with van der Waals surface area (Å²) in [5, 5.41) is 9.43. The molecule has 1 fully saturated rings. The quantitative estimate of drug-likeness (QED) is 0.362. The number of rotatable bonds is 11. The molecule has 11 heteroatoms. The predicted molar refractivity (Wildman–Crippen MR) is 139 cm³/mol. The molecule has 1 saturated heterocycles. The highest BCUT2D eigenvalue weighted by Crippen LogP contribution is 2.21. The van der Waals surface area contributed by atoms with Gasteiger partial charge in [0.15, 0.2) is 0 Å². The summed E-state index contributed by atoms with van der Waals surface area (Å²) in [6.45, 7) is 0.177. The minimum atomic E-state index is -4.38. The number of hydrogen-bond acceptors (Lipinski definition) is 5. The van der Waals surface area contributed by atoms with Gasteiger partial charge in [0.1, 0.15) is 6.61 Å². The lowest BCUT2D eigenvalue weighted by atomic mass is 10.0. The zero-order valence-corrected chi connectivity index (χ0v) is 21.6. The minimum absolute atomic E-state index is 0.0190. The van der Waals surface area contributed by atoms with Crippen LogP contribution in [0.25, 0.3) is 10.8 Å². The van der Waals surface area contributed by atoms with E-state index in [0.29, 0.717) is 29.9 Å². The highest BCUT2D eigenvalue weighted by Gasteiger charge is 2.28. The normalized spacial score (nSPS) is 16.3. The van der Waals surface area contributed by atoms with Crippen molar-refractivity contribution in [3.8, 4) is 0 Å². The van der Waals surface area contributed by atoms with E-state index in [1.807, 2.05) is 48.5 Å². The average Bonchev–Trinajstić information content (AvgIpc) is 3.33. The molecule has 0 radical (unpaired) electrons. The number of carbonyl (C=O) groups excluding carboxylic acids is 1. The number of amides is 1. The molecule has 1 N–H and O–H groups in total. The van der Waals surface area contributed by atoms with Gasteiger partial charge in [0, 0.05) is 42.4 Å². The van der Waals surface area contributed by atoms with Crippen molar-refractivity contribution in [1.82, 2.24) is 20.0 Å². The van der Waals surface area contributed by atoms with Gasteiger partial charge in [0.2, 0.25) is 5.91 Å². The second-order valence-electron chi connectivity index (χ2n) is 9.38. The van der Waals surface area contributed by atoms with E-state index < -0.39 is 12.8 Å². The van der Waals surface area contributed by atoms with Crippen LogP contribution < -0.4 is 10.9 Å². The summed E-state index contributed by atoms with van der Waals surface area (Å²) < 4.78 is 42.4. The van der Waals surface area contributed by atoms with Crippen molar-refractivity contribution in [2.75, 3.05) is 32.8 Å². The van der Waals surface area contributed by atoms with Gasteiger partial charge in [-0.3, -0.25) is 14.5 Å². The summed E-state index contributed by atoms with van der Waals surface area (Å²) in [5.74, 6) is -0.252. The predicted octanol–water partition coefficient (Wildman–Crippen LogP) is 4.19. The molecule has 2 heterocycles. The zero-order valence-electron chi connectivity index (χ0n) is 20.8. The van der Waals surface area contributed by atoms with Gasteiger partial charge in [-0.1, -0.05) is 41.9 Å². The van der Waals surface area contributed by atoms with Crippen molar-refractivity contribution in [3.63, 3.8) is 0 Å². The molecular formula is C27H30ClF3N4O3. The van der Waals surface area contributed by atoms with Gasteiger partial charge < -0.3 is 10.1 Å². The van der Waals surface area contributed by atoms with Gasteiger partial charge in [-0.15, -0.1) is 0 Å². The van der Waals surface area contributed by atoms with Crippen LogP contribution in [-0.2, 0) is 22.5 Å². The third-order valence-electron chi connectivity index (χ3n) is 6.57. The maximum Gasteiger partial charge on any atom is 0.411 e. The lowest BCUT2D eigenvalue weighted by Crippen LogP contribution is -2.39. The van der Waals surface area contributed by atoms with E-state index in [2.05, 4.69) is 15.0 Å². The number of benzene rings is 2. The van der Waals surface area contributed by atoms with Gasteiger partial charge in [0.05, 0.1) is 24.2 Å². The largest absolute Gasteiger partial charge is 0.411 e. The number of nitrogens with zero attached hydrogens (tertiary/aromatic N) is 3. The molecule has 2 aromatic carbocycles. The number of ether oxygens (including phenoxy) is 1. The van der Waals surface area contributed by atoms with Crippen LogP contribution in [0.3, 0.4) is 0 Å². The standard InChI is InChI=1S/C27H30ClF3N4O3/c28-20-9-7-19(8-10-20)16-24-22-5-1-2-6-23(22)26(37)35(33-24)17-21-4-3-13-34(21)14-11-25(36)32-12-15-38-18-27(29,30)31/h1-2,5-10,21H,3-4,11-18H2,(H,32,36)/t21-/m1/s1. The monoisotopic (exact) mass is 550 g/mol. The number of aromatic nitrogens is 2. The molecule has 1 amide bonds. The number of alkyl halides is 3. The molecule has 204 valence electrons. The zero-order chi connectivity index (χ0) is 27.1. The fourth-order valence-electron chi connectivity index (χ4n) is 4.74. The minimum Gasteiger partial charge on any atom is -0.370 e. The lowest BCUT2D eigenvalue weighted by molar-refractivity contribution is -0.173. The van der Waals surface area contributed by atoms with Crippen LogP contribution in [0.5, 0.6) is 0 Å². The van der Waals surface area contributed by atoms with Crippen molar-refractivity contribution in [2.24, 2.45) is 0 Å². The van der Waals surface area contributed by atoms with Crippen LogP contribution >= 0.6 is 11.6 Å². The molecule has 1 atom stereocenters. The second-order valence-corrected chi connectivity index (χ2v) is 9.82. The number of likely N-dealkylation sites (tertiary alicyclic amines) is 1. The van der Waals surface area contributed by atoms with Gasteiger partial charge in [0.25, 0.3) is 5.56 Å². The van der Waals surface area contributed by atoms with Gasteiger partial charge in [-0.05, 0) is 43.1 Å². The van der Waals surface area contributed by atoms with Crippen LogP contribution in [0.15, 0.2) is 53.3 Å². The molecule has 3 aromatic rings. The fourth-order valence-corrected chi connectivity index (χ4v) is 4.86. The van der Waals surface area contributed by atoms with E-state index >= 15 is 0 Å². The van der Waals surface area contributed by atoms with Crippen LogP contribution in [0.4, 0.5) is 13.2 Å². The Morgan fingerprint density at radius 2 is 1.87 bits per heavy atom. The van der Waals surface area contributed by atoms with Crippen molar-refractivity contribution >= 4 is 28.3 Å². The molecule has 0 spiro atoms. The number of carbonyl (C=O) groups is 1. The highest BCUT2D eigenvalue weighted by molar-refractivity contribution is 6.30. The SMILES string of the molecule is O=C(CCN1CCC[C@@H]1Cn1nc(Cc2ccc(Cl)cc2)c2ccccc2c1=O)NCCOCC(F)(F)F. The fraction of sp³-hybridized carbons (Fsp3) is 0.444. The molecule has 0 unspecified atom stereocenters. The summed E-state index contributed by atoms with van der Waals surface area (Å²) >= 11 is 6.03. The third kappa shape index (κ3) is 7.78. The van der Waals surface area contributed by atoms with Crippen molar-refractivity contribution in [2.45, 2.75) is 44.4 Å². The van der Waals surface area contributed by atoms with Crippen molar-refractivity contribution in [1.29, 1.82) is 0 Å². The molecule has 1 aliphatic rings. The molecule has 4 rings (SSSR count). The number of fused-ring (bicyclic) bond motifs is 1. The Morgan fingerprint density at radius 1 is 1.13 bits per heavy atom. The number of hydrogen-bond donors (Lipinski definition) is 1. The Bertz CT molecular complexity index is 1300. The first-order valence-corrected chi connectivity index (χ1v) is 13.0. The van der Waals surface area contributed by atoms with Crippen LogP contribution in [0.2, 0.25) is 5.02 Å². The number of nitrogens with one attached hydrogen (secondary N) is 1. The lowest BCUT2D eigenvalue weighted by Gasteiger charge is -2.25. The maximum atomic E-state index is 13.3. The average molecular weight is 551 g/mol. The number of halogens is 4. The second kappa shape index (κ2) is 12.7. The third-order valence-corrected chi connectivity index (χ3v) is 6.82. The molecule has 1 aliphatic heterocycles. The van der Waals surface area contributed by atoms with E-state index in [-0.39, 0.29) is 37.1 Å². The van der Waals surface area contributed by atoms with E-state index in [9.17, 15) is 22.8 Å². The van der Waals surface area contributed by atoms with Crippen molar-refractivity contribution < 1.29 is 22.7 Å². The van der Waals surface area contributed by atoms with Crippen LogP contribution in [0.1, 0.15) is 30.5 Å². The molecule has 7 nitrogen and oxygen atoms in total. The molecule has 0 bridgehead atoms. The Labute approximate surface area is 223 Å². The molecule has 0 saturated carbocycles. The van der Waals surface area contributed by atoms with Gasteiger partial charge in [-0.2, -0.15) is 18.3 Å². The first kappa shape index (κ1) is 28.1. The highest BCUT2D eigenvalue weighted by atomic mass is 35.5. The first-order valence-electron chi connectivity index (χ1n) is 12.6. The van der Waals surface area contributed by atoms with E-state index in [1.165, 1.54) is 4.68 Å². The van der Waals surface area contributed by atoms with Crippen LogP contribution in [-0.4, -0.2) is 65.7 Å². The van der Waals surface area contributed by atoms with Crippen LogP contribution in [0, 0.1) is 0 Å². The van der Waals surface area contributed by atoms with Gasteiger partial charge in [-0.25, -0.2) is 4.68 Å². The molecule has 1 aromatic heterocycles. The summed E-state index contributed by atoms with van der Waals surface area (Å²) in [6, 6.07) is 15.1. The van der Waals surface area contributed by atoms with E-state index in [1.54, 1.807) is 0 Å². The van der Waals surface area contributed by atoms with Crippen molar-refractivity contribution in [3.05, 3.63) is 75.2 Å².